The smallest absolute Gasteiger partial charge is 0.261 e. The monoisotopic (exact) mass is 542 g/mol. The predicted octanol–water partition coefficient (Wildman–Crippen LogP) is 7.18. The average Bonchev–Trinajstić information content (AvgIpc) is 3.22. The molecule has 4 rings (SSSR count). The summed E-state index contributed by atoms with van der Waals surface area (Å²) in [6.45, 7) is 7.30. The highest BCUT2D eigenvalue weighted by Crippen LogP contribution is 2.42. The minimum absolute atomic E-state index is 0.164. The first-order valence-electron chi connectivity index (χ1n) is 11.5. The van der Waals surface area contributed by atoms with Crippen LogP contribution in [0.25, 0.3) is 11.1 Å². The Morgan fingerprint density at radius 1 is 0.829 bits per heavy atom. The quantitative estimate of drug-likeness (QED) is 0.243. The van der Waals surface area contributed by atoms with E-state index in [0.29, 0.717) is 21.6 Å². The second-order valence-electron chi connectivity index (χ2n) is 9.53. The zero-order valence-electron chi connectivity index (χ0n) is 20.0. The number of nitrogens with one attached hydrogen (secondary N) is 1. The largest absolute Gasteiger partial charge is 0.403 e. The van der Waals surface area contributed by atoms with Crippen LogP contribution < -0.4 is 16.1 Å². The van der Waals surface area contributed by atoms with Crippen LogP contribution in [0.3, 0.4) is 0 Å². The van der Waals surface area contributed by atoms with Gasteiger partial charge in [0.15, 0.2) is 0 Å². The lowest BCUT2D eigenvalue weighted by atomic mass is 10.0. The van der Waals surface area contributed by atoms with E-state index in [0.717, 1.165) is 22.4 Å². The number of hydrogen-bond donors (Lipinski definition) is 2. The summed E-state index contributed by atoms with van der Waals surface area (Å²) in [6, 6.07) is 24.7. The average molecular weight is 544 g/mol. The van der Waals surface area contributed by atoms with E-state index in [1.54, 1.807) is 6.20 Å². The summed E-state index contributed by atoms with van der Waals surface area (Å²) in [4.78, 5) is 3.13. The van der Waals surface area contributed by atoms with Gasteiger partial charge in [0.25, 0.3) is 8.32 Å². The molecule has 0 saturated carbocycles. The van der Waals surface area contributed by atoms with Crippen molar-refractivity contribution in [3.63, 3.8) is 0 Å². The molecule has 3 nitrogen and oxygen atoms in total. The molecule has 0 bridgehead atoms. The third-order valence-corrected chi connectivity index (χ3v) is 12.5. The van der Waals surface area contributed by atoms with Gasteiger partial charge in [0.2, 0.25) is 0 Å². The minimum atomic E-state index is -2.76. The maximum atomic E-state index is 7.08. The van der Waals surface area contributed by atoms with E-state index in [2.05, 4.69) is 74.3 Å². The zero-order chi connectivity index (χ0) is 25.2. The van der Waals surface area contributed by atoms with E-state index >= 15 is 0 Å². The Labute approximate surface area is 223 Å². The van der Waals surface area contributed by atoms with Crippen LogP contribution >= 0.6 is 34.8 Å². The summed E-state index contributed by atoms with van der Waals surface area (Å²) in [5, 5.41) is 3.86. The van der Waals surface area contributed by atoms with Crippen molar-refractivity contribution in [2.24, 2.45) is 5.73 Å². The molecular weight excluding hydrogens is 515 g/mol. The number of rotatable bonds is 7. The molecule has 4 aromatic rings. The lowest BCUT2D eigenvalue weighted by Crippen LogP contribution is -2.66. The summed E-state index contributed by atoms with van der Waals surface area (Å²) in [7, 11) is -2.76. The molecule has 0 unspecified atom stereocenters. The van der Waals surface area contributed by atoms with Crippen LogP contribution in [0.15, 0.2) is 79.0 Å². The molecule has 0 amide bonds. The third-order valence-electron chi connectivity index (χ3n) is 6.42. The van der Waals surface area contributed by atoms with Crippen LogP contribution in [0.1, 0.15) is 32.0 Å². The highest BCUT2D eigenvalue weighted by molar-refractivity contribution is 6.99. The van der Waals surface area contributed by atoms with Crippen LogP contribution in [-0.2, 0) is 17.6 Å². The lowest BCUT2D eigenvalue weighted by molar-refractivity contribution is 0.286. The van der Waals surface area contributed by atoms with Crippen molar-refractivity contribution < 1.29 is 4.43 Å². The standard InChI is InChI=1S/C28H29Cl3N2OSi/c1-28(2,3)35(19-10-6-4-7-11-19,20-12-8-5-9-13-20)34-18-22-23(29)15-14-21(27(22)31)26-24(30)17-33-25(26)16-32/h4-15,17,33H,16,18,32H2,1-3H3. The Bertz CT molecular complexity index is 1260. The van der Waals surface area contributed by atoms with Gasteiger partial charge in [0.05, 0.1) is 16.7 Å². The Morgan fingerprint density at radius 3 is 1.91 bits per heavy atom. The van der Waals surface area contributed by atoms with E-state index in [1.165, 1.54) is 10.4 Å². The van der Waals surface area contributed by atoms with Gasteiger partial charge >= 0.3 is 0 Å². The molecule has 1 heterocycles. The SMILES string of the molecule is CC(C)(C)[Si](OCc1c(Cl)ccc(-c2c(Cl)c[nH]c2CN)c1Cl)(c1ccccc1)c1ccccc1. The summed E-state index contributed by atoms with van der Waals surface area (Å²) in [5.41, 5.74) is 9.06. The molecule has 0 radical (unpaired) electrons. The summed E-state index contributed by atoms with van der Waals surface area (Å²) in [5.74, 6) is 0. The first kappa shape index (κ1) is 26.0. The second-order valence-corrected chi connectivity index (χ2v) is 15.0. The normalized spacial score (nSPS) is 12.2. The molecular formula is C28H29Cl3N2OSi. The fourth-order valence-corrected chi connectivity index (χ4v) is 10.1. The Balaban J connectivity index is 1.84. The van der Waals surface area contributed by atoms with Gasteiger partial charge in [-0.25, -0.2) is 0 Å². The van der Waals surface area contributed by atoms with Crippen LogP contribution in [-0.4, -0.2) is 13.3 Å². The van der Waals surface area contributed by atoms with E-state index in [1.807, 2.05) is 24.3 Å². The molecule has 35 heavy (non-hydrogen) atoms. The first-order chi connectivity index (χ1) is 16.7. The maximum Gasteiger partial charge on any atom is 0.261 e. The van der Waals surface area contributed by atoms with Crippen molar-refractivity contribution in [3.8, 4) is 11.1 Å². The number of aromatic nitrogens is 1. The number of hydrogen-bond acceptors (Lipinski definition) is 2. The molecule has 0 fully saturated rings. The van der Waals surface area contributed by atoms with Crippen LogP contribution in [0, 0.1) is 0 Å². The second kappa shape index (κ2) is 10.5. The van der Waals surface area contributed by atoms with Gasteiger partial charge in [-0.15, -0.1) is 0 Å². The van der Waals surface area contributed by atoms with Crippen molar-refractivity contribution in [2.45, 2.75) is 39.0 Å². The molecule has 0 aliphatic rings. The molecule has 0 aliphatic heterocycles. The number of benzene rings is 3. The van der Waals surface area contributed by atoms with Gasteiger partial charge in [-0.05, 0) is 21.5 Å². The summed E-state index contributed by atoms with van der Waals surface area (Å²) >= 11 is 20.2. The highest BCUT2D eigenvalue weighted by Gasteiger charge is 2.50. The molecule has 3 aromatic carbocycles. The molecule has 0 aliphatic carbocycles. The zero-order valence-corrected chi connectivity index (χ0v) is 23.3. The minimum Gasteiger partial charge on any atom is -0.403 e. The lowest BCUT2D eigenvalue weighted by Gasteiger charge is -2.43. The van der Waals surface area contributed by atoms with Gasteiger partial charge < -0.3 is 15.1 Å². The van der Waals surface area contributed by atoms with Crippen molar-refractivity contribution in [2.75, 3.05) is 0 Å². The Morgan fingerprint density at radius 2 is 1.40 bits per heavy atom. The molecule has 0 spiro atoms. The van der Waals surface area contributed by atoms with E-state index < -0.39 is 8.32 Å². The molecule has 1 aromatic heterocycles. The summed E-state index contributed by atoms with van der Waals surface area (Å²) < 4.78 is 7.08. The van der Waals surface area contributed by atoms with E-state index in [-0.39, 0.29) is 11.6 Å². The third kappa shape index (κ3) is 4.84. The predicted molar refractivity (Wildman–Crippen MR) is 152 cm³/mol. The Hall–Kier alpha value is -2.05. The van der Waals surface area contributed by atoms with Gasteiger partial charge in [-0.1, -0.05) is 122 Å². The van der Waals surface area contributed by atoms with Crippen LogP contribution in [0.4, 0.5) is 0 Å². The van der Waals surface area contributed by atoms with Crippen LogP contribution in [0.5, 0.6) is 0 Å². The van der Waals surface area contributed by atoms with Crippen molar-refractivity contribution in [3.05, 3.63) is 105 Å². The maximum absolute atomic E-state index is 7.08. The van der Waals surface area contributed by atoms with Crippen molar-refractivity contribution in [1.29, 1.82) is 0 Å². The highest BCUT2D eigenvalue weighted by atomic mass is 35.5. The Kier molecular flexibility index (Phi) is 7.82. The number of aromatic amines is 1. The molecule has 3 N–H and O–H groups in total. The number of nitrogens with two attached hydrogens (primary N) is 1. The van der Waals surface area contributed by atoms with Gasteiger partial charge in [0.1, 0.15) is 0 Å². The molecule has 182 valence electrons. The van der Waals surface area contributed by atoms with Crippen LogP contribution in [0.2, 0.25) is 20.1 Å². The van der Waals surface area contributed by atoms with Gasteiger partial charge in [0, 0.05) is 40.1 Å². The van der Waals surface area contributed by atoms with Crippen molar-refractivity contribution in [1.82, 2.24) is 4.98 Å². The fraction of sp³-hybridized carbons (Fsp3) is 0.214. The van der Waals surface area contributed by atoms with Gasteiger partial charge in [-0.3, -0.25) is 0 Å². The molecule has 0 atom stereocenters. The van der Waals surface area contributed by atoms with Gasteiger partial charge in [-0.2, -0.15) is 0 Å². The van der Waals surface area contributed by atoms with Crippen molar-refractivity contribution >= 4 is 53.5 Å². The topological polar surface area (TPSA) is 51.0 Å². The first-order valence-corrected chi connectivity index (χ1v) is 14.5. The number of H-pyrrole nitrogens is 1. The van der Waals surface area contributed by atoms with E-state index in [4.69, 9.17) is 45.0 Å². The molecule has 7 heteroatoms. The molecule has 0 saturated heterocycles. The fourth-order valence-electron chi connectivity index (χ4n) is 4.76. The summed E-state index contributed by atoms with van der Waals surface area (Å²) in [6.07, 6.45) is 1.72. The van der Waals surface area contributed by atoms with E-state index in [9.17, 15) is 0 Å². The number of halogens is 3.